The van der Waals surface area contributed by atoms with Crippen molar-refractivity contribution in [1.29, 1.82) is 0 Å². The van der Waals surface area contributed by atoms with Crippen molar-refractivity contribution in [3.63, 3.8) is 0 Å². The van der Waals surface area contributed by atoms with Crippen molar-refractivity contribution < 1.29 is 15.3 Å². The van der Waals surface area contributed by atoms with Gasteiger partial charge in [-0.15, -0.1) is 0 Å². The summed E-state index contributed by atoms with van der Waals surface area (Å²) in [6.45, 7) is 7.54. The third-order valence-electron chi connectivity index (χ3n) is 2.81. The van der Waals surface area contributed by atoms with Crippen molar-refractivity contribution >= 4 is 0 Å². The summed E-state index contributed by atoms with van der Waals surface area (Å²) < 4.78 is 0. The third-order valence-corrected chi connectivity index (χ3v) is 2.81. The molecule has 0 aromatic carbocycles. The predicted octanol–water partition coefficient (Wildman–Crippen LogP) is 0.629. The van der Waals surface area contributed by atoms with E-state index >= 15 is 0 Å². The Labute approximate surface area is 80.4 Å². The Kier molecular flexibility index (Phi) is 5.53. The van der Waals surface area contributed by atoms with E-state index < -0.39 is 12.2 Å². The lowest BCUT2D eigenvalue weighted by Crippen LogP contribution is -2.39. The van der Waals surface area contributed by atoms with Crippen LogP contribution in [0.15, 0.2) is 0 Å². The summed E-state index contributed by atoms with van der Waals surface area (Å²) in [5, 5.41) is 28.1. The molecule has 0 spiro atoms. The second-order valence-electron chi connectivity index (χ2n) is 4.24. The maximum atomic E-state index is 9.70. The molecular weight excluding hydrogens is 168 g/mol. The Balaban J connectivity index is 4.15. The summed E-state index contributed by atoms with van der Waals surface area (Å²) in [5.74, 6) is 0.107. The zero-order valence-electron chi connectivity index (χ0n) is 8.94. The zero-order valence-corrected chi connectivity index (χ0v) is 8.94. The van der Waals surface area contributed by atoms with Crippen molar-refractivity contribution in [1.82, 2.24) is 0 Å². The maximum Gasteiger partial charge on any atom is 0.0849 e. The minimum atomic E-state index is -0.831. The molecule has 0 aliphatic heterocycles. The van der Waals surface area contributed by atoms with Crippen LogP contribution < -0.4 is 0 Å². The monoisotopic (exact) mass is 190 g/mol. The van der Waals surface area contributed by atoms with E-state index in [1.807, 2.05) is 20.8 Å². The molecule has 0 bridgehead atoms. The van der Waals surface area contributed by atoms with Crippen LogP contribution in [0.25, 0.3) is 0 Å². The van der Waals surface area contributed by atoms with Crippen LogP contribution in [0.1, 0.15) is 27.7 Å². The molecule has 13 heavy (non-hydrogen) atoms. The molecule has 0 rings (SSSR count). The molecule has 0 saturated carbocycles. The van der Waals surface area contributed by atoms with Crippen molar-refractivity contribution in [2.45, 2.75) is 39.9 Å². The topological polar surface area (TPSA) is 60.7 Å². The zero-order chi connectivity index (χ0) is 10.6. The first-order valence-electron chi connectivity index (χ1n) is 4.88. The van der Waals surface area contributed by atoms with Gasteiger partial charge in [-0.1, -0.05) is 27.7 Å². The SMILES string of the molecule is CC(C)C(C)C(O)C(O)C(C)CO. The molecule has 0 aromatic rings. The molecule has 0 amide bonds. The normalized spacial score (nSPS) is 21.2. The molecule has 0 radical (unpaired) electrons. The van der Waals surface area contributed by atoms with Crippen LogP contribution in [0, 0.1) is 17.8 Å². The van der Waals surface area contributed by atoms with Gasteiger partial charge in [0.05, 0.1) is 12.2 Å². The molecule has 0 heterocycles. The highest BCUT2D eigenvalue weighted by Crippen LogP contribution is 2.20. The molecule has 0 aliphatic carbocycles. The van der Waals surface area contributed by atoms with Gasteiger partial charge in [-0.2, -0.15) is 0 Å². The summed E-state index contributed by atoms with van der Waals surface area (Å²) in [7, 11) is 0. The molecular formula is C10H22O3. The number of rotatable bonds is 5. The van der Waals surface area contributed by atoms with E-state index in [4.69, 9.17) is 5.11 Å². The Bertz CT molecular complexity index is 136. The average molecular weight is 190 g/mol. The molecule has 0 aliphatic rings. The number of aliphatic hydroxyl groups excluding tert-OH is 3. The van der Waals surface area contributed by atoms with Gasteiger partial charge in [0.25, 0.3) is 0 Å². The van der Waals surface area contributed by atoms with Gasteiger partial charge in [0, 0.05) is 12.5 Å². The average Bonchev–Trinajstić information content (AvgIpc) is 2.12. The molecule has 0 aromatic heterocycles. The Morgan fingerprint density at radius 1 is 0.923 bits per heavy atom. The van der Waals surface area contributed by atoms with Gasteiger partial charge < -0.3 is 15.3 Å². The molecule has 80 valence electrons. The van der Waals surface area contributed by atoms with Crippen LogP contribution >= 0.6 is 0 Å². The molecule has 3 heteroatoms. The van der Waals surface area contributed by atoms with Gasteiger partial charge in [0.2, 0.25) is 0 Å². The summed E-state index contributed by atoms with van der Waals surface area (Å²) in [6.07, 6.45) is -1.58. The second-order valence-corrected chi connectivity index (χ2v) is 4.24. The maximum absolute atomic E-state index is 9.70. The van der Waals surface area contributed by atoms with Crippen molar-refractivity contribution in [2.24, 2.45) is 17.8 Å². The van der Waals surface area contributed by atoms with Crippen LogP contribution in [0.3, 0.4) is 0 Å². The highest BCUT2D eigenvalue weighted by molar-refractivity contribution is 4.78. The van der Waals surface area contributed by atoms with E-state index in [2.05, 4.69) is 0 Å². The summed E-state index contributed by atoms with van der Waals surface area (Å²) >= 11 is 0. The van der Waals surface area contributed by atoms with Crippen LogP contribution in [0.2, 0.25) is 0 Å². The Morgan fingerprint density at radius 3 is 1.69 bits per heavy atom. The highest BCUT2D eigenvalue weighted by atomic mass is 16.3. The smallest absolute Gasteiger partial charge is 0.0849 e. The number of hydrogen-bond acceptors (Lipinski definition) is 3. The lowest BCUT2D eigenvalue weighted by atomic mass is 9.85. The first-order chi connectivity index (χ1) is 5.91. The van der Waals surface area contributed by atoms with Crippen LogP contribution in [-0.4, -0.2) is 34.1 Å². The van der Waals surface area contributed by atoms with E-state index in [9.17, 15) is 10.2 Å². The molecule has 3 nitrogen and oxygen atoms in total. The lowest BCUT2D eigenvalue weighted by molar-refractivity contribution is -0.0595. The molecule has 3 N–H and O–H groups in total. The van der Waals surface area contributed by atoms with E-state index in [0.29, 0.717) is 5.92 Å². The largest absolute Gasteiger partial charge is 0.396 e. The lowest BCUT2D eigenvalue weighted by Gasteiger charge is -2.29. The Hall–Kier alpha value is -0.120. The highest BCUT2D eigenvalue weighted by Gasteiger charge is 2.28. The van der Waals surface area contributed by atoms with Gasteiger partial charge in [-0.3, -0.25) is 0 Å². The number of hydrogen-bond donors (Lipinski definition) is 3. The van der Waals surface area contributed by atoms with Gasteiger partial charge in [0.1, 0.15) is 0 Å². The fourth-order valence-electron chi connectivity index (χ4n) is 1.15. The first kappa shape index (κ1) is 12.9. The minimum Gasteiger partial charge on any atom is -0.396 e. The van der Waals surface area contributed by atoms with Crippen LogP contribution in [-0.2, 0) is 0 Å². The quantitative estimate of drug-likeness (QED) is 0.596. The van der Waals surface area contributed by atoms with Crippen LogP contribution in [0.5, 0.6) is 0 Å². The predicted molar refractivity (Wildman–Crippen MR) is 52.3 cm³/mol. The molecule has 4 unspecified atom stereocenters. The van der Waals surface area contributed by atoms with Gasteiger partial charge >= 0.3 is 0 Å². The first-order valence-corrected chi connectivity index (χ1v) is 4.88. The van der Waals surface area contributed by atoms with Crippen LogP contribution in [0.4, 0.5) is 0 Å². The van der Waals surface area contributed by atoms with E-state index in [1.165, 1.54) is 0 Å². The summed E-state index contributed by atoms with van der Waals surface area (Å²) in [4.78, 5) is 0. The van der Waals surface area contributed by atoms with Crippen molar-refractivity contribution in [3.8, 4) is 0 Å². The fraction of sp³-hybridized carbons (Fsp3) is 1.00. The van der Waals surface area contributed by atoms with E-state index in [-0.39, 0.29) is 18.4 Å². The van der Waals surface area contributed by atoms with E-state index in [0.717, 1.165) is 0 Å². The van der Waals surface area contributed by atoms with Gasteiger partial charge in [0.15, 0.2) is 0 Å². The molecule has 4 atom stereocenters. The van der Waals surface area contributed by atoms with E-state index in [1.54, 1.807) is 6.92 Å². The van der Waals surface area contributed by atoms with Crippen molar-refractivity contribution in [3.05, 3.63) is 0 Å². The number of aliphatic hydroxyl groups is 3. The second kappa shape index (κ2) is 5.58. The standard InChI is InChI=1S/C10H22O3/c1-6(2)8(4)10(13)9(12)7(3)5-11/h6-13H,5H2,1-4H3. The van der Waals surface area contributed by atoms with Crippen molar-refractivity contribution in [2.75, 3.05) is 6.61 Å². The summed E-state index contributed by atoms with van der Waals surface area (Å²) in [5.41, 5.74) is 0. The molecule has 0 fully saturated rings. The summed E-state index contributed by atoms with van der Waals surface area (Å²) in [6, 6.07) is 0. The molecule has 0 saturated heterocycles. The van der Waals surface area contributed by atoms with Gasteiger partial charge in [-0.05, 0) is 11.8 Å². The Morgan fingerprint density at radius 2 is 1.38 bits per heavy atom. The third kappa shape index (κ3) is 3.63. The minimum absolute atomic E-state index is 0.0454. The van der Waals surface area contributed by atoms with Gasteiger partial charge in [-0.25, -0.2) is 0 Å². The fourth-order valence-corrected chi connectivity index (χ4v) is 1.15.